The Kier molecular flexibility index (Phi) is 3.39. The molecular formula is C12H12BrFN2. The second kappa shape index (κ2) is 4.78. The molecule has 1 heterocycles. The van der Waals surface area contributed by atoms with Crippen LogP contribution in [0.3, 0.4) is 0 Å². The van der Waals surface area contributed by atoms with Crippen LogP contribution in [0.15, 0.2) is 35.1 Å². The third-order valence-corrected chi connectivity index (χ3v) is 2.85. The van der Waals surface area contributed by atoms with Crippen molar-refractivity contribution < 1.29 is 4.39 Å². The average Bonchev–Trinajstić information content (AvgIpc) is 2.67. The fourth-order valence-corrected chi connectivity index (χ4v) is 1.97. The minimum absolute atomic E-state index is 0.246. The average molecular weight is 283 g/mol. The Morgan fingerprint density at radius 2 is 2.25 bits per heavy atom. The van der Waals surface area contributed by atoms with Crippen LogP contribution in [-0.4, -0.2) is 9.55 Å². The fourth-order valence-electron chi connectivity index (χ4n) is 1.64. The van der Waals surface area contributed by atoms with Crippen LogP contribution in [0, 0.1) is 5.82 Å². The molecule has 0 aliphatic rings. The first kappa shape index (κ1) is 11.3. The second-order valence-electron chi connectivity index (χ2n) is 3.56. The Hall–Kier alpha value is -1.16. The molecule has 84 valence electrons. The van der Waals surface area contributed by atoms with E-state index < -0.39 is 0 Å². The Balaban J connectivity index is 2.46. The second-order valence-corrected chi connectivity index (χ2v) is 4.47. The van der Waals surface area contributed by atoms with E-state index in [-0.39, 0.29) is 5.82 Å². The number of hydrogen-bond donors (Lipinski definition) is 0. The summed E-state index contributed by atoms with van der Waals surface area (Å²) in [6.07, 6.45) is 5.33. The van der Waals surface area contributed by atoms with E-state index in [9.17, 15) is 4.39 Å². The number of aromatic nitrogens is 2. The van der Waals surface area contributed by atoms with Crippen LogP contribution in [0.2, 0.25) is 0 Å². The maximum Gasteiger partial charge on any atom is 0.148 e. The molecule has 0 saturated carbocycles. The molecule has 0 unspecified atom stereocenters. The lowest BCUT2D eigenvalue weighted by Crippen LogP contribution is -2.02. The minimum atomic E-state index is -0.246. The van der Waals surface area contributed by atoms with Gasteiger partial charge in [0, 0.05) is 23.3 Å². The van der Waals surface area contributed by atoms with E-state index in [0.29, 0.717) is 5.69 Å². The van der Waals surface area contributed by atoms with Crippen molar-refractivity contribution in [1.82, 2.24) is 9.55 Å². The molecule has 4 heteroatoms. The number of imidazole rings is 1. The molecule has 0 atom stereocenters. The molecule has 0 spiro atoms. The summed E-state index contributed by atoms with van der Waals surface area (Å²) in [4.78, 5) is 4.23. The monoisotopic (exact) mass is 282 g/mol. The highest BCUT2D eigenvalue weighted by Gasteiger charge is 2.08. The Bertz CT molecular complexity index is 494. The van der Waals surface area contributed by atoms with E-state index in [1.54, 1.807) is 23.0 Å². The normalized spacial score (nSPS) is 10.7. The molecule has 0 aliphatic carbocycles. The molecule has 0 fully saturated rings. The van der Waals surface area contributed by atoms with E-state index in [0.717, 1.165) is 23.1 Å². The largest absolute Gasteiger partial charge is 0.301 e. The van der Waals surface area contributed by atoms with Crippen molar-refractivity contribution in [3.63, 3.8) is 0 Å². The van der Waals surface area contributed by atoms with Gasteiger partial charge >= 0.3 is 0 Å². The zero-order valence-electron chi connectivity index (χ0n) is 8.95. The molecule has 0 N–H and O–H groups in total. The van der Waals surface area contributed by atoms with Gasteiger partial charge in [0.05, 0.1) is 5.69 Å². The standard InChI is InChI=1S/C12H12BrFN2/c1-2-3-12-15-6-7-16(12)11-5-4-9(13)8-10(11)14/h4-8H,2-3H2,1H3. The third-order valence-electron chi connectivity index (χ3n) is 2.36. The van der Waals surface area contributed by atoms with Gasteiger partial charge in [-0.15, -0.1) is 0 Å². The van der Waals surface area contributed by atoms with E-state index in [2.05, 4.69) is 27.8 Å². The first-order valence-corrected chi connectivity index (χ1v) is 5.99. The molecule has 0 bridgehead atoms. The molecule has 0 aliphatic heterocycles. The maximum atomic E-state index is 13.8. The zero-order valence-corrected chi connectivity index (χ0v) is 10.5. The molecule has 0 saturated heterocycles. The van der Waals surface area contributed by atoms with Crippen LogP contribution < -0.4 is 0 Å². The lowest BCUT2D eigenvalue weighted by molar-refractivity contribution is 0.613. The molecule has 16 heavy (non-hydrogen) atoms. The van der Waals surface area contributed by atoms with Gasteiger partial charge in [0.15, 0.2) is 0 Å². The van der Waals surface area contributed by atoms with Gasteiger partial charge in [-0.1, -0.05) is 22.9 Å². The molecule has 1 aromatic heterocycles. The fraction of sp³-hybridized carbons (Fsp3) is 0.250. The summed E-state index contributed by atoms with van der Waals surface area (Å²) in [5.41, 5.74) is 0.546. The van der Waals surface area contributed by atoms with Crippen LogP contribution in [0.25, 0.3) is 5.69 Å². The topological polar surface area (TPSA) is 17.8 Å². The summed E-state index contributed by atoms with van der Waals surface area (Å²) < 4.78 is 16.3. The van der Waals surface area contributed by atoms with Gasteiger partial charge < -0.3 is 4.57 Å². The van der Waals surface area contributed by atoms with Gasteiger partial charge in [-0.05, 0) is 24.6 Å². The highest BCUT2D eigenvalue weighted by Crippen LogP contribution is 2.20. The van der Waals surface area contributed by atoms with Crippen molar-refractivity contribution in [3.8, 4) is 5.69 Å². The number of halogens is 2. The number of hydrogen-bond acceptors (Lipinski definition) is 1. The number of rotatable bonds is 3. The lowest BCUT2D eigenvalue weighted by Gasteiger charge is -2.08. The maximum absolute atomic E-state index is 13.8. The van der Waals surface area contributed by atoms with Crippen molar-refractivity contribution in [3.05, 3.63) is 46.7 Å². The highest BCUT2D eigenvalue weighted by molar-refractivity contribution is 9.10. The van der Waals surface area contributed by atoms with E-state index in [1.807, 2.05) is 6.07 Å². The first-order chi connectivity index (χ1) is 7.72. The van der Waals surface area contributed by atoms with Gasteiger partial charge in [0.1, 0.15) is 11.6 Å². The van der Waals surface area contributed by atoms with Crippen molar-refractivity contribution in [2.24, 2.45) is 0 Å². The van der Waals surface area contributed by atoms with Crippen molar-refractivity contribution >= 4 is 15.9 Å². The quantitative estimate of drug-likeness (QED) is 0.839. The van der Waals surface area contributed by atoms with E-state index >= 15 is 0 Å². The Morgan fingerprint density at radius 3 is 2.94 bits per heavy atom. The summed E-state index contributed by atoms with van der Waals surface area (Å²) in [5.74, 6) is 0.647. The summed E-state index contributed by atoms with van der Waals surface area (Å²) in [5, 5.41) is 0. The predicted octanol–water partition coefficient (Wildman–Crippen LogP) is 3.73. The van der Waals surface area contributed by atoms with Crippen molar-refractivity contribution in [1.29, 1.82) is 0 Å². The molecule has 2 aromatic rings. The molecular weight excluding hydrogens is 271 g/mol. The van der Waals surface area contributed by atoms with Gasteiger partial charge in [-0.25, -0.2) is 9.37 Å². The van der Waals surface area contributed by atoms with Crippen molar-refractivity contribution in [2.75, 3.05) is 0 Å². The minimum Gasteiger partial charge on any atom is -0.301 e. The summed E-state index contributed by atoms with van der Waals surface area (Å²) in [6.45, 7) is 2.08. The zero-order chi connectivity index (χ0) is 11.5. The number of nitrogens with zero attached hydrogens (tertiary/aromatic N) is 2. The van der Waals surface area contributed by atoms with Gasteiger partial charge in [-0.2, -0.15) is 0 Å². The highest BCUT2D eigenvalue weighted by atomic mass is 79.9. The number of benzene rings is 1. The molecule has 2 rings (SSSR count). The lowest BCUT2D eigenvalue weighted by atomic mass is 10.2. The Labute approximate surface area is 102 Å². The molecule has 1 aromatic carbocycles. The molecule has 0 amide bonds. The van der Waals surface area contributed by atoms with Gasteiger partial charge in [0.25, 0.3) is 0 Å². The van der Waals surface area contributed by atoms with Crippen LogP contribution >= 0.6 is 15.9 Å². The van der Waals surface area contributed by atoms with Crippen LogP contribution in [-0.2, 0) is 6.42 Å². The van der Waals surface area contributed by atoms with Gasteiger partial charge in [0.2, 0.25) is 0 Å². The number of aryl methyl sites for hydroxylation is 1. The van der Waals surface area contributed by atoms with Crippen molar-refractivity contribution in [2.45, 2.75) is 19.8 Å². The van der Waals surface area contributed by atoms with Crippen LogP contribution in [0.1, 0.15) is 19.2 Å². The van der Waals surface area contributed by atoms with Gasteiger partial charge in [-0.3, -0.25) is 0 Å². The third kappa shape index (κ3) is 2.16. The summed E-state index contributed by atoms with van der Waals surface area (Å²) >= 11 is 3.24. The SMILES string of the molecule is CCCc1nccn1-c1ccc(Br)cc1F. The smallest absolute Gasteiger partial charge is 0.148 e. The van der Waals surface area contributed by atoms with Crippen LogP contribution in [0.4, 0.5) is 4.39 Å². The Morgan fingerprint density at radius 1 is 1.44 bits per heavy atom. The summed E-state index contributed by atoms with van der Waals surface area (Å²) in [6, 6.07) is 5.04. The first-order valence-electron chi connectivity index (χ1n) is 5.20. The summed E-state index contributed by atoms with van der Waals surface area (Å²) in [7, 11) is 0. The molecule has 0 radical (unpaired) electrons. The van der Waals surface area contributed by atoms with Crippen LogP contribution in [0.5, 0.6) is 0 Å². The molecule has 2 nitrogen and oxygen atoms in total. The van der Waals surface area contributed by atoms with E-state index in [1.165, 1.54) is 6.07 Å². The van der Waals surface area contributed by atoms with E-state index in [4.69, 9.17) is 0 Å². The predicted molar refractivity (Wildman–Crippen MR) is 65.2 cm³/mol.